The Morgan fingerprint density at radius 3 is 2.65 bits per heavy atom. The number of nitriles is 1. The van der Waals surface area contributed by atoms with Gasteiger partial charge < -0.3 is 0 Å². The molecule has 122 valence electrons. The van der Waals surface area contributed by atoms with Gasteiger partial charge in [-0.1, -0.05) is 0 Å². The normalized spacial score (nSPS) is 12.1. The minimum absolute atomic E-state index is 0.0987. The number of hydrogen-bond acceptors (Lipinski definition) is 5. The van der Waals surface area contributed by atoms with E-state index in [1.807, 2.05) is 0 Å². The highest BCUT2D eigenvalue weighted by Crippen LogP contribution is 2.29. The predicted molar refractivity (Wildman–Crippen MR) is 71.2 cm³/mol. The van der Waals surface area contributed by atoms with Crippen LogP contribution in [-0.4, -0.2) is 23.2 Å². The van der Waals surface area contributed by atoms with Crippen molar-refractivity contribution in [3.63, 3.8) is 0 Å². The van der Waals surface area contributed by atoms with Crippen LogP contribution in [0.1, 0.15) is 17.0 Å². The van der Waals surface area contributed by atoms with Crippen molar-refractivity contribution in [3.8, 4) is 6.07 Å². The molecule has 0 amide bonds. The van der Waals surface area contributed by atoms with Crippen LogP contribution in [0.3, 0.4) is 0 Å². The Morgan fingerprint density at radius 2 is 2.09 bits per heavy atom. The second-order valence-corrected chi connectivity index (χ2v) is 6.19. The fraction of sp³-hybridized carbons (Fsp3) is 0.250. The number of nitrogens with zero attached hydrogens (tertiary/aromatic N) is 4. The molecular weight excluding hydrogens is 335 g/mol. The van der Waals surface area contributed by atoms with Gasteiger partial charge in [0.15, 0.2) is 10.7 Å². The number of aryl methyl sites for hydroxylation is 1. The second kappa shape index (κ2) is 5.98. The van der Waals surface area contributed by atoms with Crippen LogP contribution in [-0.2, 0) is 29.8 Å². The first-order valence-corrected chi connectivity index (χ1v) is 7.58. The average molecular weight is 345 g/mol. The zero-order chi connectivity index (χ0) is 17.3. The van der Waals surface area contributed by atoms with E-state index in [0.29, 0.717) is 16.3 Å². The summed E-state index contributed by atoms with van der Waals surface area (Å²) in [6.45, 7) is -0.202. The molecule has 0 aliphatic heterocycles. The number of aromatic nitrogens is 3. The maximum atomic E-state index is 12.6. The Kier molecular flexibility index (Phi) is 4.39. The smallest absolute Gasteiger partial charge is 0.255 e. The summed E-state index contributed by atoms with van der Waals surface area (Å²) in [6, 6.07) is 5.10. The lowest BCUT2D eigenvalue weighted by atomic mass is 10.2. The van der Waals surface area contributed by atoms with Gasteiger partial charge in [-0.15, -0.1) is 0 Å². The van der Waals surface area contributed by atoms with Gasteiger partial charge in [0.1, 0.15) is 11.8 Å². The van der Waals surface area contributed by atoms with Gasteiger partial charge in [0.05, 0.1) is 0 Å². The highest BCUT2D eigenvalue weighted by molar-refractivity contribution is 7.89. The number of pyridine rings is 1. The largest absolute Gasteiger partial charge is 0.435 e. The van der Waals surface area contributed by atoms with E-state index in [0.717, 1.165) is 7.05 Å². The van der Waals surface area contributed by atoms with E-state index in [9.17, 15) is 21.6 Å². The van der Waals surface area contributed by atoms with Crippen LogP contribution in [0.5, 0.6) is 0 Å². The molecule has 0 spiro atoms. The van der Waals surface area contributed by atoms with Gasteiger partial charge in [-0.25, -0.2) is 18.1 Å². The van der Waals surface area contributed by atoms with Gasteiger partial charge in [0.25, 0.3) is 10.0 Å². The Hall–Kier alpha value is -2.45. The number of alkyl halides is 3. The predicted octanol–water partition coefficient (Wildman–Crippen LogP) is 1.18. The minimum atomic E-state index is -4.74. The zero-order valence-corrected chi connectivity index (χ0v) is 12.5. The summed E-state index contributed by atoms with van der Waals surface area (Å²) in [7, 11) is -3.10. The van der Waals surface area contributed by atoms with Crippen LogP contribution in [0.25, 0.3) is 0 Å². The summed E-state index contributed by atoms with van der Waals surface area (Å²) < 4.78 is 64.7. The third-order valence-corrected chi connectivity index (χ3v) is 4.26. The maximum absolute atomic E-state index is 12.6. The topological polar surface area (TPSA) is 101 Å². The van der Waals surface area contributed by atoms with Crippen LogP contribution in [0.15, 0.2) is 29.4 Å². The third-order valence-electron chi connectivity index (χ3n) is 2.81. The molecule has 0 aliphatic rings. The minimum Gasteiger partial charge on any atom is -0.255 e. The first-order chi connectivity index (χ1) is 10.6. The van der Waals surface area contributed by atoms with Crippen molar-refractivity contribution in [1.29, 1.82) is 5.26 Å². The lowest BCUT2D eigenvalue weighted by molar-refractivity contribution is -0.141. The van der Waals surface area contributed by atoms with Gasteiger partial charge in [0, 0.05) is 25.9 Å². The molecule has 0 saturated heterocycles. The van der Waals surface area contributed by atoms with Crippen molar-refractivity contribution in [2.24, 2.45) is 7.05 Å². The lowest BCUT2D eigenvalue weighted by Gasteiger charge is -2.06. The van der Waals surface area contributed by atoms with Crippen molar-refractivity contribution in [2.45, 2.75) is 17.7 Å². The molecule has 0 unspecified atom stereocenters. The van der Waals surface area contributed by atoms with E-state index >= 15 is 0 Å². The molecule has 1 N–H and O–H groups in total. The fourth-order valence-corrected chi connectivity index (χ4v) is 2.90. The van der Waals surface area contributed by atoms with Crippen LogP contribution in [0, 0.1) is 11.3 Å². The van der Waals surface area contributed by atoms with Crippen LogP contribution in [0.2, 0.25) is 0 Å². The number of nitrogens with one attached hydrogen (secondary N) is 1. The summed E-state index contributed by atoms with van der Waals surface area (Å²) in [4.78, 5) is 3.73. The molecule has 0 radical (unpaired) electrons. The first-order valence-electron chi connectivity index (χ1n) is 6.09. The monoisotopic (exact) mass is 345 g/mol. The average Bonchev–Trinajstić information content (AvgIpc) is 2.88. The molecule has 0 fully saturated rings. The molecule has 7 nitrogen and oxygen atoms in total. The van der Waals surface area contributed by atoms with Gasteiger partial charge in [-0.3, -0.25) is 4.68 Å². The molecule has 0 aliphatic carbocycles. The molecule has 2 heterocycles. The van der Waals surface area contributed by atoms with Crippen LogP contribution < -0.4 is 4.72 Å². The van der Waals surface area contributed by atoms with E-state index in [-0.39, 0.29) is 12.2 Å². The van der Waals surface area contributed by atoms with E-state index in [1.165, 1.54) is 18.3 Å². The molecule has 2 aromatic rings. The summed E-state index contributed by atoms with van der Waals surface area (Å²) in [5.74, 6) is 0. The Morgan fingerprint density at radius 1 is 1.39 bits per heavy atom. The summed E-state index contributed by atoms with van der Waals surface area (Å²) in [6.07, 6.45) is -3.41. The zero-order valence-electron chi connectivity index (χ0n) is 11.7. The second-order valence-electron chi connectivity index (χ2n) is 4.47. The Bertz CT molecular complexity index is 868. The van der Waals surface area contributed by atoms with E-state index in [2.05, 4.69) is 14.8 Å². The van der Waals surface area contributed by atoms with E-state index < -0.39 is 26.9 Å². The Balaban J connectivity index is 2.22. The van der Waals surface area contributed by atoms with Crippen LogP contribution >= 0.6 is 0 Å². The first kappa shape index (κ1) is 16.9. The molecule has 0 saturated carbocycles. The van der Waals surface area contributed by atoms with Crippen molar-refractivity contribution in [1.82, 2.24) is 19.5 Å². The van der Waals surface area contributed by atoms with E-state index in [1.54, 1.807) is 6.07 Å². The Labute approximate surface area is 129 Å². The highest BCUT2D eigenvalue weighted by Gasteiger charge is 2.36. The molecule has 0 aromatic carbocycles. The lowest BCUT2D eigenvalue weighted by Crippen LogP contribution is -2.25. The van der Waals surface area contributed by atoms with Crippen LogP contribution in [0.4, 0.5) is 13.2 Å². The SMILES string of the molecule is Cn1nc(C(F)(F)F)cc1S(=O)(=O)NCc1ccnc(C#N)c1. The molecular formula is C12H10F3N5O2S. The van der Waals surface area contributed by atoms with Crippen molar-refractivity contribution < 1.29 is 21.6 Å². The fourth-order valence-electron chi connectivity index (χ4n) is 1.74. The van der Waals surface area contributed by atoms with Gasteiger partial charge in [-0.2, -0.15) is 23.5 Å². The van der Waals surface area contributed by atoms with Crippen molar-refractivity contribution in [3.05, 3.63) is 41.3 Å². The standard InChI is InChI=1S/C12H10F3N5O2S/c1-20-11(5-10(19-20)12(13,14)15)23(21,22)18-7-8-2-3-17-9(4-8)6-16/h2-5,18H,7H2,1H3. The van der Waals surface area contributed by atoms with Gasteiger partial charge >= 0.3 is 6.18 Å². The summed E-state index contributed by atoms with van der Waals surface area (Å²) in [5.41, 5.74) is -0.754. The van der Waals surface area contributed by atoms with Gasteiger partial charge in [-0.05, 0) is 17.7 Å². The third kappa shape index (κ3) is 3.85. The number of sulfonamides is 1. The molecule has 2 rings (SSSR count). The molecule has 2 aromatic heterocycles. The summed E-state index contributed by atoms with van der Waals surface area (Å²) in [5, 5.41) is 11.3. The molecule has 23 heavy (non-hydrogen) atoms. The van der Waals surface area contributed by atoms with Crippen molar-refractivity contribution in [2.75, 3.05) is 0 Å². The molecule has 0 bridgehead atoms. The number of hydrogen-bond donors (Lipinski definition) is 1. The van der Waals surface area contributed by atoms with E-state index in [4.69, 9.17) is 5.26 Å². The van der Waals surface area contributed by atoms with Crippen molar-refractivity contribution >= 4 is 10.0 Å². The highest BCUT2D eigenvalue weighted by atomic mass is 32.2. The molecule has 0 atom stereocenters. The maximum Gasteiger partial charge on any atom is 0.435 e. The quantitative estimate of drug-likeness (QED) is 0.897. The number of rotatable bonds is 4. The summed E-state index contributed by atoms with van der Waals surface area (Å²) >= 11 is 0. The van der Waals surface area contributed by atoms with Gasteiger partial charge in [0.2, 0.25) is 0 Å². The number of halogens is 3. The molecule has 11 heteroatoms.